The summed E-state index contributed by atoms with van der Waals surface area (Å²) < 4.78 is 59.2. The van der Waals surface area contributed by atoms with Crippen molar-refractivity contribution in [2.24, 2.45) is 0 Å². The van der Waals surface area contributed by atoms with E-state index in [0.717, 1.165) is 5.56 Å². The zero-order valence-corrected chi connectivity index (χ0v) is 25.2. The van der Waals surface area contributed by atoms with Crippen LogP contribution in [0.2, 0.25) is 0 Å². The third kappa shape index (κ3) is 7.49. The van der Waals surface area contributed by atoms with Gasteiger partial charge in [0.1, 0.15) is 18.4 Å². The highest BCUT2D eigenvalue weighted by molar-refractivity contribution is 9.10. The van der Waals surface area contributed by atoms with E-state index in [4.69, 9.17) is 14.2 Å². The summed E-state index contributed by atoms with van der Waals surface area (Å²) in [6.07, 6.45) is -5.69. The van der Waals surface area contributed by atoms with Crippen molar-refractivity contribution in [1.82, 2.24) is 0 Å². The maximum Gasteiger partial charge on any atom is 0.471 e. The van der Waals surface area contributed by atoms with Crippen molar-refractivity contribution >= 4 is 27.5 Å². The maximum atomic E-state index is 14.1. The smallest absolute Gasteiger partial charge is 0.471 e. The molecule has 0 N–H and O–H groups in total. The van der Waals surface area contributed by atoms with Gasteiger partial charge in [0.2, 0.25) is 6.04 Å². The van der Waals surface area contributed by atoms with Crippen molar-refractivity contribution in [3.63, 3.8) is 0 Å². The molecular weight excluding hydrogens is 645 g/mol. The van der Waals surface area contributed by atoms with Gasteiger partial charge in [0.15, 0.2) is 11.5 Å². The number of nitrogens with zero attached hydrogens (tertiary/aromatic N) is 2. The van der Waals surface area contributed by atoms with Crippen molar-refractivity contribution < 1.29 is 37.1 Å². The van der Waals surface area contributed by atoms with Gasteiger partial charge < -0.3 is 14.2 Å². The molecular formula is C32H28BrF3N2O6. The molecule has 44 heavy (non-hydrogen) atoms. The van der Waals surface area contributed by atoms with Crippen LogP contribution in [0.15, 0.2) is 102 Å². The van der Waals surface area contributed by atoms with Crippen LogP contribution in [0.5, 0.6) is 17.2 Å². The third-order valence-electron chi connectivity index (χ3n) is 6.88. The van der Waals surface area contributed by atoms with E-state index in [9.17, 15) is 28.1 Å². The Bertz CT molecular complexity index is 1570. The van der Waals surface area contributed by atoms with Gasteiger partial charge in [-0.3, -0.25) is 19.8 Å². The van der Waals surface area contributed by atoms with Gasteiger partial charge in [0.05, 0.1) is 18.7 Å². The number of methoxy groups -OCH3 is 2. The summed E-state index contributed by atoms with van der Waals surface area (Å²) in [5, 5.41) is 12.8. The van der Waals surface area contributed by atoms with Crippen molar-refractivity contribution in [1.29, 1.82) is 0 Å². The molecule has 0 aromatic heterocycles. The highest BCUT2D eigenvalue weighted by Gasteiger charge is 2.50. The van der Waals surface area contributed by atoms with Crippen molar-refractivity contribution in [2.45, 2.75) is 31.3 Å². The quantitative estimate of drug-likeness (QED) is 0.114. The predicted molar refractivity (Wildman–Crippen MR) is 162 cm³/mol. The van der Waals surface area contributed by atoms with Gasteiger partial charge >= 0.3 is 12.1 Å². The van der Waals surface area contributed by atoms with Crippen LogP contribution in [0.4, 0.5) is 18.9 Å². The second-order valence-electron chi connectivity index (χ2n) is 9.63. The van der Waals surface area contributed by atoms with Crippen molar-refractivity contribution in [3.8, 4) is 17.2 Å². The van der Waals surface area contributed by atoms with E-state index in [1.165, 1.54) is 50.6 Å². The lowest BCUT2D eigenvalue weighted by Gasteiger charge is -2.34. The summed E-state index contributed by atoms with van der Waals surface area (Å²) in [5.41, 5.74) is 1.19. The molecule has 12 heteroatoms. The molecule has 0 spiro atoms. The van der Waals surface area contributed by atoms with Gasteiger partial charge in [-0.25, -0.2) is 0 Å². The van der Waals surface area contributed by atoms with E-state index in [1.807, 2.05) is 30.3 Å². The van der Waals surface area contributed by atoms with Crippen LogP contribution < -0.4 is 19.1 Å². The Morgan fingerprint density at radius 2 is 1.52 bits per heavy atom. The van der Waals surface area contributed by atoms with Gasteiger partial charge in [-0.1, -0.05) is 66.7 Å². The van der Waals surface area contributed by atoms with Crippen molar-refractivity contribution in [2.75, 3.05) is 19.1 Å². The van der Waals surface area contributed by atoms with E-state index in [1.54, 1.807) is 30.3 Å². The van der Waals surface area contributed by atoms with E-state index in [2.05, 4.69) is 15.9 Å². The fourth-order valence-corrected chi connectivity index (χ4v) is 5.37. The summed E-state index contributed by atoms with van der Waals surface area (Å²) in [7, 11) is 2.82. The fraction of sp³-hybridized carbons (Fsp3) is 0.219. The number of halogens is 4. The summed E-state index contributed by atoms with van der Waals surface area (Å²) >= 11 is 3.49. The predicted octanol–water partition coefficient (Wildman–Crippen LogP) is 7.57. The molecule has 1 amide bonds. The number of carbonyl (C=O) groups is 1. The highest BCUT2D eigenvalue weighted by atomic mass is 79.9. The molecule has 0 heterocycles. The number of amides is 1. The normalized spacial score (nSPS) is 12.6. The Hall–Kier alpha value is -4.58. The Morgan fingerprint density at radius 1 is 0.909 bits per heavy atom. The molecule has 4 aromatic carbocycles. The van der Waals surface area contributed by atoms with Gasteiger partial charge in [-0.2, -0.15) is 13.2 Å². The molecule has 8 nitrogen and oxygen atoms in total. The monoisotopic (exact) mass is 672 g/mol. The van der Waals surface area contributed by atoms with Crippen LogP contribution in [-0.4, -0.2) is 37.3 Å². The first-order chi connectivity index (χ1) is 21.0. The number of nitro groups is 1. The average Bonchev–Trinajstić information content (AvgIpc) is 3.03. The van der Waals surface area contributed by atoms with Gasteiger partial charge in [0, 0.05) is 17.0 Å². The van der Waals surface area contributed by atoms with E-state index < -0.39 is 29.1 Å². The van der Waals surface area contributed by atoms with E-state index in [0.29, 0.717) is 26.4 Å². The zero-order valence-electron chi connectivity index (χ0n) is 23.7. The summed E-state index contributed by atoms with van der Waals surface area (Å²) in [5.74, 6) is -1.30. The number of anilines is 1. The van der Waals surface area contributed by atoms with Gasteiger partial charge in [-0.15, -0.1) is 0 Å². The zero-order chi connectivity index (χ0) is 31.9. The molecule has 0 saturated carbocycles. The van der Waals surface area contributed by atoms with Crippen LogP contribution in [0.1, 0.15) is 22.7 Å². The lowest BCUT2D eigenvalue weighted by atomic mass is 9.92. The molecule has 230 valence electrons. The molecule has 0 aliphatic heterocycles. The SMILES string of the molecule is COc1ccc(N(C(=O)C(F)(F)F)[C@H](c2ccccc2)[C@H](Cc2ccc(OC)c(OCc3ccccc3)c2Br)[N+](=O)[O-])cc1. The summed E-state index contributed by atoms with van der Waals surface area (Å²) in [6.45, 7) is 0.163. The van der Waals surface area contributed by atoms with Gasteiger partial charge in [-0.05, 0) is 63.0 Å². The summed E-state index contributed by atoms with van der Waals surface area (Å²) in [6, 6.07) is 22.0. The van der Waals surface area contributed by atoms with Gasteiger partial charge in [0.25, 0.3) is 0 Å². The molecule has 0 saturated heterocycles. The third-order valence-corrected chi connectivity index (χ3v) is 7.75. The Balaban J connectivity index is 1.82. The highest BCUT2D eigenvalue weighted by Crippen LogP contribution is 2.42. The number of hydrogen-bond acceptors (Lipinski definition) is 6. The molecule has 0 radical (unpaired) electrons. The number of alkyl halides is 3. The van der Waals surface area contributed by atoms with Crippen LogP contribution in [-0.2, 0) is 17.8 Å². The molecule has 4 aromatic rings. The molecule has 2 atom stereocenters. The van der Waals surface area contributed by atoms with E-state index >= 15 is 0 Å². The summed E-state index contributed by atoms with van der Waals surface area (Å²) in [4.78, 5) is 25.6. The number of hydrogen-bond donors (Lipinski definition) is 0. The van der Waals surface area contributed by atoms with Crippen LogP contribution in [0.25, 0.3) is 0 Å². The van der Waals surface area contributed by atoms with Crippen molar-refractivity contribution in [3.05, 3.63) is 128 Å². The van der Waals surface area contributed by atoms with Crippen LogP contribution in [0, 0.1) is 10.1 Å². The first kappa shape index (κ1) is 32.3. The average molecular weight is 673 g/mol. The number of benzene rings is 4. The molecule has 0 fully saturated rings. The van der Waals surface area contributed by atoms with E-state index in [-0.39, 0.29) is 30.0 Å². The second kappa shape index (κ2) is 14.3. The minimum atomic E-state index is -5.33. The molecule has 0 aliphatic rings. The molecule has 0 unspecified atom stereocenters. The minimum Gasteiger partial charge on any atom is -0.497 e. The lowest BCUT2D eigenvalue weighted by Crippen LogP contribution is -2.49. The van der Waals surface area contributed by atoms with Crippen LogP contribution >= 0.6 is 15.9 Å². The number of carbonyl (C=O) groups excluding carboxylic acids is 1. The molecule has 0 bridgehead atoms. The first-order valence-corrected chi connectivity index (χ1v) is 14.1. The second-order valence-corrected chi connectivity index (χ2v) is 10.4. The Labute approximate surface area is 260 Å². The Morgan fingerprint density at radius 3 is 2.07 bits per heavy atom. The standard InChI is InChI=1S/C32H28BrF3N2O6/c1-42-25-16-14-24(15-17-25)37(31(39)32(34,35)36)29(22-11-7-4-8-12-22)26(38(40)41)19-23-13-18-27(43-2)30(28(23)33)44-20-21-9-5-3-6-10-21/h3-18,26,29H,19-20H2,1-2H3/t26-,29+/m0/s1. The lowest BCUT2D eigenvalue weighted by molar-refractivity contribution is -0.526. The first-order valence-electron chi connectivity index (χ1n) is 13.3. The number of rotatable bonds is 12. The maximum absolute atomic E-state index is 14.1. The minimum absolute atomic E-state index is 0.146. The van der Waals surface area contributed by atoms with Crippen LogP contribution in [0.3, 0.4) is 0 Å². The Kier molecular flexibility index (Phi) is 10.5. The number of ether oxygens (including phenoxy) is 3. The largest absolute Gasteiger partial charge is 0.497 e. The fourth-order valence-electron chi connectivity index (χ4n) is 4.77. The topological polar surface area (TPSA) is 91.1 Å². The molecule has 0 aliphatic carbocycles. The molecule has 4 rings (SSSR count).